The smallest absolute Gasteiger partial charge is 0.133 e. The Labute approximate surface area is 95.7 Å². The van der Waals surface area contributed by atoms with Crippen molar-refractivity contribution in [2.24, 2.45) is 0 Å². The quantitative estimate of drug-likeness (QED) is 0.809. The van der Waals surface area contributed by atoms with Gasteiger partial charge in [-0.2, -0.15) is 0 Å². The zero-order chi connectivity index (χ0) is 11.4. The van der Waals surface area contributed by atoms with Gasteiger partial charge in [0.2, 0.25) is 0 Å². The minimum Gasteiger partial charge on any atom is -0.506 e. The Morgan fingerprint density at radius 1 is 1.62 bits per heavy atom. The minimum absolute atomic E-state index is 0.205. The minimum atomic E-state index is 0.205. The van der Waals surface area contributed by atoms with Gasteiger partial charge in [0, 0.05) is 19.2 Å². The second-order valence-corrected chi connectivity index (χ2v) is 4.23. The molecule has 1 aliphatic heterocycles. The zero-order valence-electron chi connectivity index (χ0n) is 9.52. The Kier molecular flexibility index (Phi) is 3.74. The first-order chi connectivity index (χ1) is 7.75. The molecule has 1 aromatic rings. The van der Waals surface area contributed by atoms with Crippen LogP contribution in [0.3, 0.4) is 0 Å². The summed E-state index contributed by atoms with van der Waals surface area (Å²) in [5, 5.41) is 12.5. The third-order valence-electron chi connectivity index (χ3n) is 2.94. The van der Waals surface area contributed by atoms with Crippen LogP contribution < -0.4 is 5.32 Å². The number of pyridine rings is 1. The largest absolute Gasteiger partial charge is 0.506 e. The third-order valence-corrected chi connectivity index (χ3v) is 2.94. The molecule has 0 aliphatic carbocycles. The highest BCUT2D eigenvalue weighted by atomic mass is 16.5. The van der Waals surface area contributed by atoms with E-state index in [2.05, 4.69) is 17.2 Å². The SMILES string of the molecule is CC(NCc1ccc(O)cn1)C1CCCO1. The summed E-state index contributed by atoms with van der Waals surface area (Å²) in [6, 6.07) is 3.82. The average Bonchev–Trinajstić information content (AvgIpc) is 2.81. The Hall–Kier alpha value is -1.13. The van der Waals surface area contributed by atoms with Crippen molar-refractivity contribution >= 4 is 0 Å². The Bertz CT molecular complexity index is 320. The number of aromatic hydroxyl groups is 1. The van der Waals surface area contributed by atoms with Crippen molar-refractivity contribution in [3.8, 4) is 5.75 Å². The average molecular weight is 222 g/mol. The van der Waals surface area contributed by atoms with Gasteiger partial charge in [0.1, 0.15) is 5.75 Å². The highest BCUT2D eigenvalue weighted by Gasteiger charge is 2.21. The molecule has 0 bridgehead atoms. The second-order valence-electron chi connectivity index (χ2n) is 4.23. The van der Waals surface area contributed by atoms with Crippen LogP contribution in [0.25, 0.3) is 0 Å². The van der Waals surface area contributed by atoms with Crippen LogP contribution in [0.1, 0.15) is 25.5 Å². The molecule has 4 nitrogen and oxygen atoms in total. The van der Waals surface area contributed by atoms with E-state index in [1.807, 2.05) is 6.07 Å². The van der Waals surface area contributed by atoms with E-state index < -0.39 is 0 Å². The number of ether oxygens (including phenoxy) is 1. The standard InChI is InChI=1S/C12H18N2O2/c1-9(12-3-2-6-16-12)13-7-10-4-5-11(15)8-14-10/h4-5,8-9,12-13,15H,2-3,6-7H2,1H3. The van der Waals surface area contributed by atoms with Crippen molar-refractivity contribution < 1.29 is 9.84 Å². The van der Waals surface area contributed by atoms with E-state index in [0.29, 0.717) is 18.7 Å². The molecule has 16 heavy (non-hydrogen) atoms. The van der Waals surface area contributed by atoms with Crippen LogP contribution in [0, 0.1) is 0 Å². The van der Waals surface area contributed by atoms with Crippen LogP contribution in [-0.4, -0.2) is 28.8 Å². The van der Waals surface area contributed by atoms with E-state index in [4.69, 9.17) is 9.84 Å². The summed E-state index contributed by atoms with van der Waals surface area (Å²) in [7, 11) is 0. The van der Waals surface area contributed by atoms with Crippen LogP contribution in [0.5, 0.6) is 5.75 Å². The lowest BCUT2D eigenvalue weighted by Crippen LogP contribution is -2.36. The van der Waals surface area contributed by atoms with Crippen molar-refractivity contribution in [2.45, 2.75) is 38.5 Å². The van der Waals surface area contributed by atoms with E-state index in [9.17, 15) is 0 Å². The maximum atomic E-state index is 9.10. The second kappa shape index (κ2) is 5.27. The molecular weight excluding hydrogens is 204 g/mol. The molecule has 1 aliphatic rings. The van der Waals surface area contributed by atoms with Gasteiger partial charge in [-0.3, -0.25) is 4.98 Å². The first-order valence-corrected chi connectivity index (χ1v) is 5.74. The van der Waals surface area contributed by atoms with Gasteiger partial charge in [0.05, 0.1) is 18.0 Å². The van der Waals surface area contributed by atoms with Gasteiger partial charge in [-0.25, -0.2) is 0 Å². The first-order valence-electron chi connectivity index (χ1n) is 5.74. The molecular formula is C12H18N2O2. The molecule has 4 heteroatoms. The summed E-state index contributed by atoms with van der Waals surface area (Å²) in [5.41, 5.74) is 0.933. The molecule has 88 valence electrons. The van der Waals surface area contributed by atoms with Gasteiger partial charge in [-0.05, 0) is 31.9 Å². The van der Waals surface area contributed by atoms with Gasteiger partial charge >= 0.3 is 0 Å². The number of nitrogens with zero attached hydrogens (tertiary/aromatic N) is 1. The van der Waals surface area contributed by atoms with E-state index in [1.165, 1.54) is 6.20 Å². The van der Waals surface area contributed by atoms with Gasteiger partial charge in [0.25, 0.3) is 0 Å². The summed E-state index contributed by atoms with van der Waals surface area (Å²) >= 11 is 0. The molecule has 2 unspecified atom stereocenters. The van der Waals surface area contributed by atoms with Gasteiger partial charge in [-0.1, -0.05) is 0 Å². The molecule has 2 rings (SSSR count). The summed E-state index contributed by atoms with van der Waals surface area (Å²) < 4.78 is 5.60. The predicted octanol–water partition coefficient (Wildman–Crippen LogP) is 1.44. The highest BCUT2D eigenvalue weighted by Crippen LogP contribution is 2.15. The number of hydrogen-bond donors (Lipinski definition) is 2. The van der Waals surface area contributed by atoms with Crippen LogP contribution in [0.4, 0.5) is 0 Å². The number of aromatic nitrogens is 1. The molecule has 1 fully saturated rings. The molecule has 0 spiro atoms. The Morgan fingerprint density at radius 2 is 2.50 bits per heavy atom. The summed E-state index contributed by atoms with van der Waals surface area (Å²) in [6.07, 6.45) is 4.09. The number of hydrogen-bond acceptors (Lipinski definition) is 4. The van der Waals surface area contributed by atoms with Gasteiger partial charge in [0.15, 0.2) is 0 Å². The highest BCUT2D eigenvalue weighted by molar-refractivity contribution is 5.17. The fraction of sp³-hybridized carbons (Fsp3) is 0.583. The number of nitrogens with one attached hydrogen (secondary N) is 1. The molecule has 1 saturated heterocycles. The van der Waals surface area contributed by atoms with Crippen LogP contribution in [0.15, 0.2) is 18.3 Å². The maximum absolute atomic E-state index is 9.10. The Morgan fingerprint density at radius 3 is 3.12 bits per heavy atom. The zero-order valence-corrected chi connectivity index (χ0v) is 9.52. The van der Waals surface area contributed by atoms with Crippen molar-refractivity contribution in [1.29, 1.82) is 0 Å². The van der Waals surface area contributed by atoms with Crippen LogP contribution in [0.2, 0.25) is 0 Å². The van der Waals surface area contributed by atoms with E-state index in [0.717, 1.165) is 25.1 Å². The van der Waals surface area contributed by atoms with Crippen LogP contribution >= 0.6 is 0 Å². The fourth-order valence-corrected chi connectivity index (χ4v) is 1.92. The van der Waals surface area contributed by atoms with E-state index in [-0.39, 0.29) is 5.75 Å². The Balaban J connectivity index is 1.80. The maximum Gasteiger partial charge on any atom is 0.133 e. The van der Waals surface area contributed by atoms with Crippen LogP contribution in [-0.2, 0) is 11.3 Å². The van der Waals surface area contributed by atoms with Crippen molar-refractivity contribution in [3.63, 3.8) is 0 Å². The molecule has 2 heterocycles. The molecule has 0 radical (unpaired) electrons. The lowest BCUT2D eigenvalue weighted by Gasteiger charge is -2.19. The van der Waals surface area contributed by atoms with E-state index in [1.54, 1.807) is 6.07 Å². The summed E-state index contributed by atoms with van der Waals surface area (Å²) in [4.78, 5) is 4.12. The number of rotatable bonds is 4. The lowest BCUT2D eigenvalue weighted by atomic mass is 10.1. The molecule has 2 N–H and O–H groups in total. The fourth-order valence-electron chi connectivity index (χ4n) is 1.92. The summed E-state index contributed by atoms with van der Waals surface area (Å²) in [5.74, 6) is 0.205. The first kappa shape index (κ1) is 11.4. The van der Waals surface area contributed by atoms with Crippen molar-refractivity contribution in [2.75, 3.05) is 6.61 Å². The lowest BCUT2D eigenvalue weighted by molar-refractivity contribution is 0.0831. The molecule has 2 atom stereocenters. The molecule has 0 amide bonds. The molecule has 0 aromatic carbocycles. The predicted molar refractivity (Wildman–Crippen MR) is 61.2 cm³/mol. The van der Waals surface area contributed by atoms with Gasteiger partial charge < -0.3 is 15.2 Å². The third kappa shape index (κ3) is 2.93. The monoisotopic (exact) mass is 222 g/mol. The normalized spacial score (nSPS) is 22.2. The molecule has 1 aromatic heterocycles. The topological polar surface area (TPSA) is 54.4 Å². The van der Waals surface area contributed by atoms with Crippen molar-refractivity contribution in [3.05, 3.63) is 24.0 Å². The summed E-state index contributed by atoms with van der Waals surface area (Å²) in [6.45, 7) is 3.73. The molecule has 0 saturated carbocycles. The van der Waals surface area contributed by atoms with E-state index >= 15 is 0 Å². The van der Waals surface area contributed by atoms with Crippen molar-refractivity contribution in [1.82, 2.24) is 10.3 Å². The van der Waals surface area contributed by atoms with Gasteiger partial charge in [-0.15, -0.1) is 0 Å².